The molecule has 4 fully saturated rings. The third-order valence-electron chi connectivity index (χ3n) is 5.85. The first-order chi connectivity index (χ1) is 8.25. The predicted molar refractivity (Wildman–Crippen MR) is 73.0 cm³/mol. The maximum atomic E-state index is 3.84. The monoisotopic (exact) mass is 235 g/mol. The highest BCUT2D eigenvalue weighted by Gasteiger charge is 2.53. The lowest BCUT2D eigenvalue weighted by molar-refractivity contribution is -0.0750. The van der Waals surface area contributed by atoms with E-state index in [1.807, 2.05) is 0 Å². The van der Waals surface area contributed by atoms with Gasteiger partial charge in [0.05, 0.1) is 0 Å². The molecule has 1 unspecified atom stereocenters. The fourth-order valence-corrected chi connectivity index (χ4v) is 5.76. The molecule has 1 nitrogen and oxygen atoms in total. The van der Waals surface area contributed by atoms with Gasteiger partial charge in [-0.15, -0.1) is 0 Å². The minimum absolute atomic E-state index is 0.709. The Bertz CT molecular complexity index is 229. The van der Waals surface area contributed by atoms with Crippen molar-refractivity contribution in [2.24, 2.45) is 23.2 Å². The van der Waals surface area contributed by atoms with Gasteiger partial charge in [0.15, 0.2) is 0 Å². The summed E-state index contributed by atoms with van der Waals surface area (Å²) < 4.78 is 0. The van der Waals surface area contributed by atoms with Crippen LogP contribution in [0.5, 0.6) is 0 Å². The van der Waals surface area contributed by atoms with E-state index in [1.54, 1.807) is 38.5 Å². The minimum Gasteiger partial charge on any atom is -0.314 e. The minimum atomic E-state index is 0.709. The van der Waals surface area contributed by atoms with Crippen molar-refractivity contribution in [2.45, 2.75) is 71.3 Å². The van der Waals surface area contributed by atoms with E-state index in [1.165, 1.54) is 12.8 Å². The van der Waals surface area contributed by atoms with E-state index in [9.17, 15) is 0 Å². The number of nitrogens with one attached hydrogen (secondary N) is 1. The lowest BCUT2D eigenvalue weighted by Crippen LogP contribution is -2.55. The summed E-state index contributed by atoms with van der Waals surface area (Å²) in [4.78, 5) is 0. The molecular formula is C16H29N. The summed E-state index contributed by atoms with van der Waals surface area (Å²) in [7, 11) is 0. The van der Waals surface area contributed by atoms with Crippen molar-refractivity contribution in [3.05, 3.63) is 0 Å². The van der Waals surface area contributed by atoms with Gasteiger partial charge < -0.3 is 5.32 Å². The fourth-order valence-electron chi connectivity index (χ4n) is 5.76. The average Bonchev–Trinajstić information content (AvgIpc) is 2.27. The normalized spacial score (nSPS) is 45.2. The molecule has 0 aromatic rings. The maximum absolute atomic E-state index is 3.84. The number of hydrogen-bond donors (Lipinski definition) is 1. The predicted octanol–water partition coefficient (Wildman–Crippen LogP) is 3.98. The van der Waals surface area contributed by atoms with Crippen molar-refractivity contribution >= 4 is 0 Å². The fraction of sp³-hybridized carbons (Fsp3) is 1.00. The smallest absolute Gasteiger partial charge is 0.0124 e. The molecule has 0 aromatic heterocycles. The Morgan fingerprint density at radius 2 is 1.53 bits per heavy atom. The molecule has 0 amide bonds. The molecule has 0 saturated heterocycles. The van der Waals surface area contributed by atoms with Gasteiger partial charge in [-0.25, -0.2) is 0 Å². The Morgan fingerprint density at radius 1 is 1.00 bits per heavy atom. The van der Waals surface area contributed by atoms with Crippen molar-refractivity contribution in [3.63, 3.8) is 0 Å². The second kappa shape index (κ2) is 4.57. The van der Waals surface area contributed by atoms with Gasteiger partial charge >= 0.3 is 0 Å². The molecule has 0 aliphatic heterocycles. The van der Waals surface area contributed by atoms with Crippen LogP contribution in [0.3, 0.4) is 0 Å². The van der Waals surface area contributed by atoms with Crippen molar-refractivity contribution in [1.29, 1.82) is 0 Å². The molecular weight excluding hydrogens is 206 g/mol. The van der Waals surface area contributed by atoms with Crippen LogP contribution in [0.2, 0.25) is 0 Å². The van der Waals surface area contributed by atoms with E-state index in [4.69, 9.17) is 0 Å². The van der Waals surface area contributed by atoms with Crippen LogP contribution < -0.4 is 5.32 Å². The van der Waals surface area contributed by atoms with E-state index >= 15 is 0 Å². The van der Waals surface area contributed by atoms with E-state index < -0.39 is 0 Å². The molecule has 0 spiro atoms. The third-order valence-corrected chi connectivity index (χ3v) is 5.85. The lowest BCUT2D eigenvalue weighted by Gasteiger charge is -2.59. The summed E-state index contributed by atoms with van der Waals surface area (Å²) in [5.41, 5.74) is 0.709. The van der Waals surface area contributed by atoms with Gasteiger partial charge in [-0.2, -0.15) is 0 Å². The maximum Gasteiger partial charge on any atom is 0.0124 e. The summed E-state index contributed by atoms with van der Waals surface area (Å²) in [6.07, 6.45) is 12.1. The van der Waals surface area contributed by atoms with Crippen molar-refractivity contribution in [2.75, 3.05) is 6.54 Å². The molecule has 4 aliphatic rings. The molecule has 1 heteroatoms. The molecule has 1 atom stereocenters. The van der Waals surface area contributed by atoms with Crippen LogP contribution in [0.25, 0.3) is 0 Å². The van der Waals surface area contributed by atoms with Crippen LogP contribution in [0.15, 0.2) is 0 Å². The highest BCUT2D eigenvalue weighted by molar-refractivity contribution is 5.05. The molecule has 98 valence electrons. The van der Waals surface area contributed by atoms with Crippen molar-refractivity contribution in [3.8, 4) is 0 Å². The van der Waals surface area contributed by atoms with E-state index in [-0.39, 0.29) is 0 Å². The van der Waals surface area contributed by atoms with Gasteiger partial charge in [0.2, 0.25) is 0 Å². The summed E-state index contributed by atoms with van der Waals surface area (Å²) >= 11 is 0. The van der Waals surface area contributed by atoms with Gasteiger partial charge in [0, 0.05) is 6.04 Å². The van der Waals surface area contributed by atoms with Crippen molar-refractivity contribution in [1.82, 2.24) is 5.32 Å². The molecule has 4 saturated carbocycles. The molecule has 4 rings (SSSR count). The zero-order valence-corrected chi connectivity index (χ0v) is 11.7. The number of hydrogen-bond acceptors (Lipinski definition) is 1. The molecule has 4 bridgehead atoms. The largest absolute Gasteiger partial charge is 0.314 e. The Kier molecular flexibility index (Phi) is 3.23. The topological polar surface area (TPSA) is 12.0 Å². The molecule has 4 aliphatic carbocycles. The highest BCUT2D eigenvalue weighted by atomic mass is 14.9. The van der Waals surface area contributed by atoms with Gasteiger partial charge in [-0.3, -0.25) is 0 Å². The van der Waals surface area contributed by atoms with E-state index in [0.29, 0.717) is 5.41 Å². The van der Waals surface area contributed by atoms with Crippen LogP contribution in [0.4, 0.5) is 0 Å². The third kappa shape index (κ3) is 2.05. The molecule has 0 aromatic carbocycles. The molecule has 0 heterocycles. The van der Waals surface area contributed by atoms with Gasteiger partial charge in [0.25, 0.3) is 0 Å². The summed E-state index contributed by atoms with van der Waals surface area (Å²) in [6, 6.07) is 0.825. The highest BCUT2D eigenvalue weighted by Crippen LogP contribution is 2.61. The second-order valence-corrected chi connectivity index (χ2v) is 7.18. The van der Waals surface area contributed by atoms with E-state index in [0.717, 1.165) is 30.3 Å². The summed E-state index contributed by atoms with van der Waals surface area (Å²) in [5, 5.41) is 3.84. The summed E-state index contributed by atoms with van der Waals surface area (Å²) in [6.45, 7) is 5.79. The second-order valence-electron chi connectivity index (χ2n) is 7.18. The number of rotatable bonds is 5. The van der Waals surface area contributed by atoms with Crippen LogP contribution in [-0.4, -0.2) is 12.6 Å². The first-order valence-electron chi connectivity index (χ1n) is 7.99. The van der Waals surface area contributed by atoms with Crippen molar-refractivity contribution < 1.29 is 0 Å². The van der Waals surface area contributed by atoms with Gasteiger partial charge in [-0.05, 0) is 74.7 Å². The first kappa shape index (κ1) is 12.0. The zero-order valence-electron chi connectivity index (χ0n) is 11.7. The SMILES string of the molecule is CCCC(NCC)C12CC3CC(CC(C3)C1)C2. The Labute approximate surface area is 107 Å². The standard InChI is InChI=1S/C16H29N/c1-3-5-15(17-4-2)16-9-12-6-13(10-16)8-14(7-12)11-16/h12-15,17H,3-11H2,1-2H3. The van der Waals surface area contributed by atoms with Crippen LogP contribution in [0, 0.1) is 23.2 Å². The zero-order chi connectivity index (χ0) is 11.9. The Balaban J connectivity index is 1.79. The molecule has 0 radical (unpaired) electrons. The van der Waals surface area contributed by atoms with Crippen LogP contribution >= 0.6 is 0 Å². The van der Waals surface area contributed by atoms with E-state index in [2.05, 4.69) is 19.2 Å². The molecule has 1 N–H and O–H groups in total. The Hall–Kier alpha value is -0.0400. The Morgan fingerprint density at radius 3 is 1.94 bits per heavy atom. The molecule has 17 heavy (non-hydrogen) atoms. The summed E-state index contributed by atoms with van der Waals surface area (Å²) in [5.74, 6) is 3.29. The van der Waals surface area contributed by atoms with Gasteiger partial charge in [0.1, 0.15) is 0 Å². The van der Waals surface area contributed by atoms with Crippen LogP contribution in [0.1, 0.15) is 65.2 Å². The van der Waals surface area contributed by atoms with Crippen LogP contribution in [-0.2, 0) is 0 Å². The lowest BCUT2D eigenvalue weighted by atomic mass is 9.47. The first-order valence-corrected chi connectivity index (χ1v) is 7.99. The van der Waals surface area contributed by atoms with Gasteiger partial charge in [-0.1, -0.05) is 20.3 Å². The average molecular weight is 235 g/mol. The quantitative estimate of drug-likeness (QED) is 0.760.